The molecular weight excluding hydrogens is 234 g/mol. The van der Waals surface area contributed by atoms with E-state index in [2.05, 4.69) is 56.4 Å². The van der Waals surface area contributed by atoms with Crippen molar-refractivity contribution in [2.75, 3.05) is 13.7 Å². The van der Waals surface area contributed by atoms with Crippen molar-refractivity contribution in [3.63, 3.8) is 0 Å². The largest absolute Gasteiger partial charge is 0.376 e. The fraction of sp³-hybridized carbons (Fsp3) is 0.647. The first kappa shape index (κ1) is 16.2. The first-order valence-electron chi connectivity index (χ1n) is 7.56. The average Bonchev–Trinajstić information content (AvgIpc) is 2.44. The Hall–Kier alpha value is -0.860. The van der Waals surface area contributed by atoms with E-state index in [1.165, 1.54) is 18.4 Å². The molecule has 0 aliphatic carbocycles. The Labute approximate surface area is 118 Å². The second kappa shape index (κ2) is 9.11. The number of hydrogen-bond acceptors (Lipinski definition) is 2. The predicted octanol–water partition coefficient (Wildman–Crippen LogP) is 4.18. The molecule has 0 amide bonds. The summed E-state index contributed by atoms with van der Waals surface area (Å²) in [6.45, 7) is 7.56. The monoisotopic (exact) mass is 263 g/mol. The summed E-state index contributed by atoms with van der Waals surface area (Å²) in [5, 5.41) is 3.40. The van der Waals surface area contributed by atoms with E-state index in [-0.39, 0.29) is 12.1 Å². The van der Waals surface area contributed by atoms with E-state index in [1.54, 1.807) is 0 Å². The highest BCUT2D eigenvalue weighted by molar-refractivity contribution is 5.20. The van der Waals surface area contributed by atoms with Gasteiger partial charge in [0.2, 0.25) is 0 Å². The molecule has 108 valence electrons. The van der Waals surface area contributed by atoms with Crippen molar-refractivity contribution in [2.24, 2.45) is 5.92 Å². The van der Waals surface area contributed by atoms with E-state index in [4.69, 9.17) is 4.74 Å². The fourth-order valence-corrected chi connectivity index (χ4v) is 2.54. The van der Waals surface area contributed by atoms with E-state index in [0.29, 0.717) is 5.92 Å². The predicted molar refractivity (Wildman–Crippen MR) is 82.3 cm³/mol. The molecule has 0 aliphatic rings. The van der Waals surface area contributed by atoms with Gasteiger partial charge < -0.3 is 10.1 Å². The van der Waals surface area contributed by atoms with Crippen LogP contribution in [0.25, 0.3) is 0 Å². The smallest absolute Gasteiger partial charge is 0.0767 e. The zero-order valence-electron chi connectivity index (χ0n) is 12.9. The molecule has 1 aromatic carbocycles. The normalized spacial score (nSPS) is 16.0. The van der Waals surface area contributed by atoms with E-state index >= 15 is 0 Å². The number of ether oxygens (including phenoxy) is 1. The van der Waals surface area contributed by atoms with Crippen LogP contribution in [0, 0.1) is 5.92 Å². The SMILES string of the molecule is CCCC(C)COC(CC)C(NC)c1ccccc1. The lowest BCUT2D eigenvalue weighted by Gasteiger charge is -2.28. The number of benzene rings is 1. The maximum absolute atomic E-state index is 6.15. The molecule has 0 fully saturated rings. The van der Waals surface area contributed by atoms with Crippen molar-refractivity contribution in [2.45, 2.75) is 52.2 Å². The van der Waals surface area contributed by atoms with Gasteiger partial charge in [-0.2, -0.15) is 0 Å². The molecule has 19 heavy (non-hydrogen) atoms. The molecule has 3 atom stereocenters. The van der Waals surface area contributed by atoms with Crippen LogP contribution in [0.4, 0.5) is 0 Å². The zero-order valence-corrected chi connectivity index (χ0v) is 12.9. The van der Waals surface area contributed by atoms with E-state index in [9.17, 15) is 0 Å². The highest BCUT2D eigenvalue weighted by Gasteiger charge is 2.21. The Bertz CT molecular complexity index is 325. The first-order valence-corrected chi connectivity index (χ1v) is 7.56. The van der Waals surface area contributed by atoms with E-state index < -0.39 is 0 Å². The molecule has 1 rings (SSSR count). The molecule has 0 spiro atoms. The van der Waals surface area contributed by atoms with Crippen molar-refractivity contribution in [3.8, 4) is 0 Å². The van der Waals surface area contributed by atoms with Gasteiger partial charge in [-0.15, -0.1) is 0 Å². The van der Waals surface area contributed by atoms with Gasteiger partial charge in [-0.3, -0.25) is 0 Å². The minimum absolute atomic E-state index is 0.242. The summed E-state index contributed by atoms with van der Waals surface area (Å²) in [6, 6.07) is 10.9. The molecule has 0 aliphatic heterocycles. The van der Waals surface area contributed by atoms with Crippen molar-refractivity contribution >= 4 is 0 Å². The number of likely N-dealkylation sites (N-methyl/N-ethyl adjacent to an activating group) is 1. The molecule has 3 unspecified atom stereocenters. The van der Waals surface area contributed by atoms with Gasteiger partial charge in [-0.05, 0) is 31.4 Å². The molecule has 0 heterocycles. The number of hydrogen-bond donors (Lipinski definition) is 1. The molecule has 0 aromatic heterocycles. The van der Waals surface area contributed by atoms with Gasteiger partial charge in [0.1, 0.15) is 0 Å². The summed E-state index contributed by atoms with van der Waals surface area (Å²) in [6.07, 6.45) is 3.74. The van der Waals surface area contributed by atoms with E-state index in [1.807, 2.05) is 7.05 Å². The second-order valence-electron chi connectivity index (χ2n) is 5.35. The van der Waals surface area contributed by atoms with Crippen molar-refractivity contribution in [3.05, 3.63) is 35.9 Å². The van der Waals surface area contributed by atoms with Crippen LogP contribution < -0.4 is 5.32 Å². The quantitative estimate of drug-likeness (QED) is 0.721. The molecule has 0 radical (unpaired) electrons. The second-order valence-corrected chi connectivity index (χ2v) is 5.35. The van der Waals surface area contributed by atoms with Crippen LogP contribution in [0.3, 0.4) is 0 Å². The molecule has 2 heteroatoms. The summed E-state index contributed by atoms with van der Waals surface area (Å²) in [4.78, 5) is 0. The average molecular weight is 263 g/mol. The van der Waals surface area contributed by atoms with Crippen LogP contribution in [-0.4, -0.2) is 19.8 Å². The standard InChI is InChI=1S/C17H29NO/c1-5-10-14(3)13-19-16(6-2)17(18-4)15-11-8-7-9-12-15/h7-9,11-12,14,16-18H,5-6,10,13H2,1-4H3. The van der Waals surface area contributed by atoms with Gasteiger partial charge in [0.05, 0.1) is 12.1 Å². The van der Waals surface area contributed by atoms with Gasteiger partial charge in [-0.1, -0.05) is 57.5 Å². The third-order valence-electron chi connectivity index (χ3n) is 3.62. The minimum Gasteiger partial charge on any atom is -0.376 e. The fourth-order valence-electron chi connectivity index (χ4n) is 2.54. The maximum Gasteiger partial charge on any atom is 0.0767 e. The molecule has 0 bridgehead atoms. The third-order valence-corrected chi connectivity index (χ3v) is 3.62. The van der Waals surface area contributed by atoms with Crippen molar-refractivity contribution in [1.82, 2.24) is 5.32 Å². The maximum atomic E-state index is 6.15. The number of nitrogens with one attached hydrogen (secondary N) is 1. The highest BCUT2D eigenvalue weighted by Crippen LogP contribution is 2.22. The Morgan fingerprint density at radius 1 is 1.16 bits per heavy atom. The highest BCUT2D eigenvalue weighted by atomic mass is 16.5. The van der Waals surface area contributed by atoms with Crippen LogP contribution in [0.1, 0.15) is 51.6 Å². The molecule has 2 nitrogen and oxygen atoms in total. The molecular formula is C17H29NO. The van der Waals surface area contributed by atoms with Crippen molar-refractivity contribution in [1.29, 1.82) is 0 Å². The topological polar surface area (TPSA) is 21.3 Å². The molecule has 0 saturated carbocycles. The number of rotatable bonds is 9. The van der Waals surface area contributed by atoms with Crippen LogP contribution in [0.15, 0.2) is 30.3 Å². The molecule has 1 aromatic rings. The summed E-state index contributed by atoms with van der Waals surface area (Å²) in [7, 11) is 2.01. The summed E-state index contributed by atoms with van der Waals surface area (Å²) < 4.78 is 6.15. The van der Waals surface area contributed by atoms with Gasteiger partial charge >= 0.3 is 0 Å². The lowest BCUT2D eigenvalue weighted by molar-refractivity contribution is 0.00617. The van der Waals surface area contributed by atoms with Crippen LogP contribution in [-0.2, 0) is 4.74 Å². The summed E-state index contributed by atoms with van der Waals surface area (Å²) >= 11 is 0. The zero-order chi connectivity index (χ0) is 14.1. The van der Waals surface area contributed by atoms with Gasteiger partial charge in [0.25, 0.3) is 0 Å². The third kappa shape index (κ3) is 5.33. The molecule has 1 N–H and O–H groups in total. The molecule has 0 saturated heterocycles. The van der Waals surface area contributed by atoms with Crippen molar-refractivity contribution < 1.29 is 4.74 Å². The van der Waals surface area contributed by atoms with Crippen LogP contribution in [0.5, 0.6) is 0 Å². The van der Waals surface area contributed by atoms with Gasteiger partial charge in [-0.25, -0.2) is 0 Å². The summed E-state index contributed by atoms with van der Waals surface area (Å²) in [5.41, 5.74) is 1.31. The first-order chi connectivity index (χ1) is 9.22. The van der Waals surface area contributed by atoms with E-state index in [0.717, 1.165) is 13.0 Å². The Balaban J connectivity index is 2.61. The summed E-state index contributed by atoms with van der Waals surface area (Å²) in [5.74, 6) is 0.646. The Kier molecular flexibility index (Phi) is 7.76. The lowest BCUT2D eigenvalue weighted by atomic mass is 9.99. The minimum atomic E-state index is 0.242. The Morgan fingerprint density at radius 3 is 2.37 bits per heavy atom. The van der Waals surface area contributed by atoms with Crippen LogP contribution >= 0.6 is 0 Å². The van der Waals surface area contributed by atoms with Gasteiger partial charge in [0, 0.05) is 6.61 Å². The van der Waals surface area contributed by atoms with Gasteiger partial charge in [0.15, 0.2) is 0 Å². The van der Waals surface area contributed by atoms with Crippen LogP contribution in [0.2, 0.25) is 0 Å². The Morgan fingerprint density at radius 2 is 1.84 bits per heavy atom. The lowest BCUT2D eigenvalue weighted by Crippen LogP contribution is -2.32.